The highest BCUT2D eigenvalue weighted by atomic mass is 16.5. The van der Waals surface area contributed by atoms with Crippen molar-refractivity contribution in [1.29, 1.82) is 0 Å². The molecule has 3 rings (SSSR count). The first-order chi connectivity index (χ1) is 19.7. The summed E-state index contributed by atoms with van der Waals surface area (Å²) in [5.74, 6) is 0.891. The van der Waals surface area contributed by atoms with Crippen molar-refractivity contribution >= 4 is 17.9 Å². The monoisotopic (exact) mass is 558 g/mol. The first kappa shape index (κ1) is 35.2. The maximum absolute atomic E-state index is 12.5. The van der Waals surface area contributed by atoms with Crippen molar-refractivity contribution in [1.82, 2.24) is 10.2 Å². The largest absolute Gasteiger partial charge is 0.494 e. The molecule has 5 heteroatoms. The van der Waals surface area contributed by atoms with Gasteiger partial charge in [-0.15, -0.1) is 13.2 Å². The van der Waals surface area contributed by atoms with E-state index >= 15 is 0 Å². The first-order valence-electron chi connectivity index (χ1n) is 14.5. The average molecular weight is 559 g/mol. The van der Waals surface area contributed by atoms with E-state index in [0.29, 0.717) is 19.2 Å². The number of nitrogens with one attached hydrogen (secondary N) is 1. The molecule has 41 heavy (non-hydrogen) atoms. The summed E-state index contributed by atoms with van der Waals surface area (Å²) in [4.78, 5) is 24.6. The second kappa shape index (κ2) is 20.1. The maximum Gasteiger partial charge on any atom is 0.254 e. The third-order valence-corrected chi connectivity index (χ3v) is 6.44. The van der Waals surface area contributed by atoms with Gasteiger partial charge in [-0.25, -0.2) is 0 Å². The lowest BCUT2D eigenvalue weighted by Crippen LogP contribution is -2.33. The molecule has 1 unspecified atom stereocenters. The van der Waals surface area contributed by atoms with Crippen LogP contribution in [0.15, 0.2) is 91.1 Å². The molecule has 0 aromatic heterocycles. The van der Waals surface area contributed by atoms with Gasteiger partial charge in [-0.3, -0.25) is 9.59 Å². The Bertz CT molecular complexity index is 1160. The summed E-state index contributed by atoms with van der Waals surface area (Å²) in [6.45, 7) is 21.6. The van der Waals surface area contributed by atoms with Gasteiger partial charge >= 0.3 is 0 Å². The van der Waals surface area contributed by atoms with Crippen LogP contribution >= 0.6 is 0 Å². The van der Waals surface area contributed by atoms with Crippen molar-refractivity contribution in [3.05, 3.63) is 108 Å². The zero-order chi connectivity index (χ0) is 30.6. The smallest absolute Gasteiger partial charge is 0.254 e. The molecule has 5 nitrogen and oxygen atoms in total. The highest BCUT2D eigenvalue weighted by molar-refractivity contribution is 5.95. The number of hydrogen-bond acceptors (Lipinski definition) is 3. The van der Waals surface area contributed by atoms with E-state index in [9.17, 15) is 9.59 Å². The number of amides is 2. The molecule has 0 aliphatic carbocycles. The van der Waals surface area contributed by atoms with E-state index in [1.807, 2.05) is 68.1 Å². The number of hydrogen-bond donors (Lipinski definition) is 1. The molecule has 1 N–H and O–H groups in total. The van der Waals surface area contributed by atoms with Crippen LogP contribution in [0.1, 0.15) is 88.7 Å². The molecule has 1 aliphatic rings. The highest BCUT2D eigenvalue weighted by Gasteiger charge is 2.26. The second-order valence-electron chi connectivity index (χ2n) is 10.4. The van der Waals surface area contributed by atoms with E-state index in [1.54, 1.807) is 6.08 Å². The Hall–Kier alpha value is -3.86. The van der Waals surface area contributed by atoms with Crippen LogP contribution in [0.3, 0.4) is 0 Å². The number of likely N-dealkylation sites (tertiary alicyclic amines) is 1. The number of nitrogens with zero attached hydrogens (tertiary/aromatic N) is 1. The van der Waals surface area contributed by atoms with Crippen molar-refractivity contribution in [2.45, 2.75) is 79.8 Å². The topological polar surface area (TPSA) is 58.6 Å². The van der Waals surface area contributed by atoms with E-state index in [0.717, 1.165) is 55.5 Å². The summed E-state index contributed by atoms with van der Waals surface area (Å²) in [7, 11) is 0. The lowest BCUT2D eigenvalue weighted by Gasteiger charge is -2.21. The molecular weight excluding hydrogens is 508 g/mol. The molecule has 1 fully saturated rings. The van der Waals surface area contributed by atoms with Crippen molar-refractivity contribution < 1.29 is 14.3 Å². The SMILES string of the molecule is C/C=C/C(=C(C)C)c1ccc(CNC=O)cc1.C=C(C)CCCOc1cccc(C(=O)N2CCCC2C)c1.C=CC. The fourth-order valence-corrected chi connectivity index (χ4v) is 4.36. The van der Waals surface area contributed by atoms with Gasteiger partial charge in [-0.1, -0.05) is 59.7 Å². The second-order valence-corrected chi connectivity index (χ2v) is 10.4. The molecule has 0 spiro atoms. The van der Waals surface area contributed by atoms with Crippen LogP contribution < -0.4 is 10.1 Å². The minimum absolute atomic E-state index is 0.118. The van der Waals surface area contributed by atoms with Gasteiger partial charge in [-0.05, 0) is 102 Å². The summed E-state index contributed by atoms with van der Waals surface area (Å²) < 4.78 is 5.72. The van der Waals surface area contributed by atoms with Crippen LogP contribution in [-0.2, 0) is 11.3 Å². The van der Waals surface area contributed by atoms with Crippen LogP contribution in [0.25, 0.3) is 5.57 Å². The number of carbonyl (C=O) groups is 2. The summed E-state index contributed by atoms with van der Waals surface area (Å²) in [6.07, 6.45) is 10.8. The summed E-state index contributed by atoms with van der Waals surface area (Å²) in [5.41, 5.74) is 6.75. The van der Waals surface area contributed by atoms with Crippen molar-refractivity contribution in [3.63, 3.8) is 0 Å². The molecular formula is C36H50N2O3. The summed E-state index contributed by atoms with van der Waals surface area (Å²) in [5, 5.41) is 2.65. The summed E-state index contributed by atoms with van der Waals surface area (Å²) in [6, 6.07) is 16.1. The van der Waals surface area contributed by atoms with Gasteiger partial charge in [0.05, 0.1) is 6.61 Å². The van der Waals surface area contributed by atoms with E-state index in [-0.39, 0.29) is 5.91 Å². The molecule has 2 aromatic carbocycles. The quantitative estimate of drug-likeness (QED) is 0.130. The van der Waals surface area contributed by atoms with E-state index < -0.39 is 0 Å². The van der Waals surface area contributed by atoms with Gasteiger partial charge in [0.15, 0.2) is 0 Å². The Balaban J connectivity index is 0.000000381. The Labute approximate surface area is 248 Å². The number of ether oxygens (including phenoxy) is 1. The molecule has 1 heterocycles. The third-order valence-electron chi connectivity index (χ3n) is 6.44. The molecule has 0 saturated carbocycles. The van der Waals surface area contributed by atoms with Crippen LogP contribution in [0, 0.1) is 0 Å². The molecule has 1 aliphatic heterocycles. The third kappa shape index (κ3) is 13.4. The van der Waals surface area contributed by atoms with Crippen LogP contribution in [0.2, 0.25) is 0 Å². The lowest BCUT2D eigenvalue weighted by atomic mass is 10.00. The minimum Gasteiger partial charge on any atom is -0.494 e. The molecule has 222 valence electrons. The molecule has 2 aromatic rings. The Morgan fingerprint density at radius 3 is 2.32 bits per heavy atom. The molecule has 1 saturated heterocycles. The van der Waals surface area contributed by atoms with Gasteiger partial charge in [0, 0.05) is 24.7 Å². The van der Waals surface area contributed by atoms with Crippen molar-refractivity contribution in [2.75, 3.05) is 13.2 Å². The highest BCUT2D eigenvalue weighted by Crippen LogP contribution is 2.22. The van der Waals surface area contributed by atoms with E-state index in [1.165, 1.54) is 22.3 Å². The Morgan fingerprint density at radius 2 is 1.78 bits per heavy atom. The van der Waals surface area contributed by atoms with Gasteiger partial charge in [0.1, 0.15) is 5.75 Å². The van der Waals surface area contributed by atoms with Gasteiger partial charge in [-0.2, -0.15) is 0 Å². The number of benzene rings is 2. The van der Waals surface area contributed by atoms with Crippen molar-refractivity contribution in [2.24, 2.45) is 0 Å². The minimum atomic E-state index is 0.118. The van der Waals surface area contributed by atoms with Crippen molar-refractivity contribution in [3.8, 4) is 5.75 Å². The average Bonchev–Trinajstić information content (AvgIpc) is 3.39. The number of rotatable bonds is 11. The number of carbonyl (C=O) groups excluding carboxylic acids is 2. The van der Waals surface area contributed by atoms with Gasteiger partial charge in [0.25, 0.3) is 5.91 Å². The zero-order valence-electron chi connectivity index (χ0n) is 26.0. The predicted molar refractivity (Wildman–Crippen MR) is 174 cm³/mol. The molecule has 1 atom stereocenters. The predicted octanol–water partition coefficient (Wildman–Crippen LogP) is 8.54. The summed E-state index contributed by atoms with van der Waals surface area (Å²) >= 11 is 0. The standard InChI is InChI=1S/C18H25NO2.C15H19NO.C3H6/c1-14(2)7-6-12-21-17-10-4-9-16(13-17)18(20)19-11-5-8-15(19)3;1-4-5-15(12(2)3)14-8-6-13(7-9-14)10-16-11-17;1-3-2/h4,9-10,13,15H,1,5-8,11-12H2,2-3H3;4-9,11H,10H2,1-3H3,(H,16,17);3H,1H2,2H3/b;5-4+;. The molecule has 0 radical (unpaired) electrons. The maximum atomic E-state index is 12.5. The lowest BCUT2D eigenvalue weighted by molar-refractivity contribution is -0.109. The van der Waals surface area contributed by atoms with Gasteiger partial charge in [0.2, 0.25) is 6.41 Å². The molecule has 2 amide bonds. The zero-order valence-corrected chi connectivity index (χ0v) is 26.0. The fraction of sp³-hybridized carbons (Fsp3) is 0.389. The van der Waals surface area contributed by atoms with E-state index in [4.69, 9.17) is 4.74 Å². The van der Waals surface area contributed by atoms with Crippen LogP contribution in [0.4, 0.5) is 0 Å². The van der Waals surface area contributed by atoms with E-state index in [2.05, 4.69) is 57.5 Å². The number of allylic oxidation sites excluding steroid dienone is 6. The van der Waals surface area contributed by atoms with Gasteiger partial charge < -0.3 is 15.0 Å². The van der Waals surface area contributed by atoms with Crippen LogP contribution in [-0.4, -0.2) is 36.4 Å². The molecule has 0 bridgehead atoms. The fourth-order valence-electron chi connectivity index (χ4n) is 4.36. The normalized spacial score (nSPS) is 13.7. The van der Waals surface area contributed by atoms with Crippen LogP contribution in [0.5, 0.6) is 5.75 Å². The first-order valence-corrected chi connectivity index (χ1v) is 14.5. The Kier molecular flexibility index (Phi) is 17.2. The Morgan fingerprint density at radius 1 is 1.10 bits per heavy atom.